The van der Waals surface area contributed by atoms with Crippen molar-refractivity contribution < 1.29 is 14.6 Å². The van der Waals surface area contributed by atoms with E-state index in [1.54, 1.807) is 12.1 Å². The van der Waals surface area contributed by atoms with Crippen molar-refractivity contribution in [1.82, 2.24) is 4.90 Å². The molecule has 2 aromatic carbocycles. The first-order valence-corrected chi connectivity index (χ1v) is 8.60. The highest BCUT2D eigenvalue weighted by Gasteiger charge is 2.35. The van der Waals surface area contributed by atoms with E-state index in [0.29, 0.717) is 5.56 Å². The molecule has 0 spiro atoms. The van der Waals surface area contributed by atoms with Crippen molar-refractivity contribution in [3.8, 4) is 11.5 Å². The molecule has 0 bridgehead atoms. The van der Waals surface area contributed by atoms with Crippen LogP contribution in [-0.4, -0.2) is 29.1 Å². The number of hydrogen-bond acceptors (Lipinski definition) is 4. The van der Waals surface area contributed by atoms with Gasteiger partial charge in [-0.2, -0.15) is 0 Å². The first kappa shape index (κ1) is 17.4. The molecule has 2 N–H and O–H groups in total. The summed E-state index contributed by atoms with van der Waals surface area (Å²) >= 11 is 6.15. The smallest absolute Gasteiger partial charge is 0.258 e. The number of rotatable bonds is 4. The third-order valence-electron chi connectivity index (χ3n) is 4.61. The number of nitrogens with zero attached hydrogens (tertiary/aromatic N) is 1. The number of amides is 1. The van der Waals surface area contributed by atoms with Crippen LogP contribution in [0.15, 0.2) is 36.4 Å². The van der Waals surface area contributed by atoms with Gasteiger partial charge in [0.1, 0.15) is 6.17 Å². The van der Waals surface area contributed by atoms with Gasteiger partial charge in [0.2, 0.25) is 0 Å². The fourth-order valence-corrected chi connectivity index (χ4v) is 3.29. The fraction of sp³-hybridized carbons (Fsp3) is 0.316. The lowest BCUT2D eigenvalue weighted by atomic mass is 10.0. The van der Waals surface area contributed by atoms with Crippen molar-refractivity contribution in [3.63, 3.8) is 0 Å². The lowest BCUT2D eigenvalue weighted by Gasteiger charge is -2.41. The monoisotopic (exact) mass is 360 g/mol. The summed E-state index contributed by atoms with van der Waals surface area (Å²) < 4.78 is 5.21. The van der Waals surface area contributed by atoms with Gasteiger partial charge in [0.15, 0.2) is 11.5 Å². The zero-order chi connectivity index (χ0) is 18.1. The first-order valence-electron chi connectivity index (χ1n) is 8.22. The average Bonchev–Trinajstić information content (AvgIpc) is 2.63. The number of nitrogens with one attached hydrogen (secondary N) is 1. The number of ether oxygens (including phenoxy) is 1. The number of anilines is 1. The Morgan fingerprint density at radius 3 is 2.76 bits per heavy atom. The van der Waals surface area contributed by atoms with E-state index in [1.165, 1.54) is 7.11 Å². The second kappa shape index (κ2) is 6.84. The van der Waals surface area contributed by atoms with Crippen molar-refractivity contribution in [3.05, 3.63) is 52.5 Å². The van der Waals surface area contributed by atoms with Crippen LogP contribution in [-0.2, 0) is 0 Å². The number of fused-ring (bicyclic) bond motifs is 1. The Morgan fingerprint density at radius 1 is 1.36 bits per heavy atom. The van der Waals surface area contributed by atoms with E-state index in [-0.39, 0.29) is 28.5 Å². The predicted octanol–water partition coefficient (Wildman–Crippen LogP) is 4.42. The molecule has 25 heavy (non-hydrogen) atoms. The van der Waals surface area contributed by atoms with Crippen LogP contribution in [0.3, 0.4) is 0 Å². The highest BCUT2D eigenvalue weighted by Crippen LogP contribution is 2.41. The van der Waals surface area contributed by atoms with Crippen molar-refractivity contribution in [1.29, 1.82) is 0 Å². The molecular weight excluding hydrogens is 340 g/mol. The third kappa shape index (κ3) is 3.00. The predicted molar refractivity (Wildman–Crippen MR) is 98.4 cm³/mol. The number of hydrogen-bond donors (Lipinski definition) is 2. The molecule has 0 saturated carbocycles. The topological polar surface area (TPSA) is 61.8 Å². The van der Waals surface area contributed by atoms with Crippen LogP contribution in [0.2, 0.25) is 5.02 Å². The Kier molecular flexibility index (Phi) is 4.77. The molecule has 0 radical (unpaired) electrons. The van der Waals surface area contributed by atoms with Crippen LogP contribution >= 0.6 is 11.6 Å². The second-order valence-corrected chi connectivity index (χ2v) is 6.52. The maximum atomic E-state index is 13.1. The number of carbonyl (C=O) groups excluding carboxylic acids is 1. The van der Waals surface area contributed by atoms with Gasteiger partial charge in [-0.25, -0.2) is 0 Å². The maximum Gasteiger partial charge on any atom is 0.258 e. The van der Waals surface area contributed by atoms with Crippen molar-refractivity contribution in [2.45, 2.75) is 32.5 Å². The summed E-state index contributed by atoms with van der Waals surface area (Å²) in [4.78, 5) is 14.9. The number of halogens is 1. The summed E-state index contributed by atoms with van der Waals surface area (Å²) in [6.07, 6.45) is 0.416. The molecule has 2 aromatic rings. The van der Waals surface area contributed by atoms with Gasteiger partial charge in [0.25, 0.3) is 5.91 Å². The number of aromatic hydroxyl groups is 1. The summed E-state index contributed by atoms with van der Waals surface area (Å²) in [5.74, 6) is 0.141. The molecule has 0 saturated heterocycles. The average molecular weight is 361 g/mol. The fourth-order valence-electron chi connectivity index (χ4n) is 3.07. The molecule has 3 rings (SSSR count). The Hall–Kier alpha value is -2.40. The van der Waals surface area contributed by atoms with Crippen LogP contribution in [0, 0.1) is 0 Å². The number of phenols is 1. The lowest BCUT2D eigenvalue weighted by molar-refractivity contribution is 0.0593. The number of para-hydroxylation sites is 1. The molecule has 1 aliphatic heterocycles. The van der Waals surface area contributed by atoms with Gasteiger partial charge < -0.3 is 20.1 Å². The van der Waals surface area contributed by atoms with Crippen molar-refractivity contribution in [2.75, 3.05) is 12.4 Å². The maximum absolute atomic E-state index is 13.1. The van der Waals surface area contributed by atoms with E-state index in [1.807, 2.05) is 43.0 Å². The molecule has 0 aliphatic carbocycles. The van der Waals surface area contributed by atoms with Crippen molar-refractivity contribution in [2.24, 2.45) is 0 Å². The zero-order valence-electron chi connectivity index (χ0n) is 14.4. The van der Waals surface area contributed by atoms with E-state index in [2.05, 4.69) is 5.32 Å². The van der Waals surface area contributed by atoms with Gasteiger partial charge in [-0.1, -0.05) is 30.7 Å². The van der Waals surface area contributed by atoms with Crippen LogP contribution in [0.5, 0.6) is 11.5 Å². The van der Waals surface area contributed by atoms with Gasteiger partial charge in [0, 0.05) is 17.3 Å². The molecule has 6 heteroatoms. The van der Waals surface area contributed by atoms with Gasteiger partial charge in [-0.3, -0.25) is 4.79 Å². The number of benzene rings is 2. The van der Waals surface area contributed by atoms with Crippen molar-refractivity contribution >= 4 is 23.2 Å². The quantitative estimate of drug-likeness (QED) is 0.847. The molecular formula is C19H21ClN2O3. The summed E-state index contributed by atoms with van der Waals surface area (Å²) in [6, 6.07) is 10.8. The number of methoxy groups -OCH3 is 1. The van der Waals surface area contributed by atoms with E-state index in [9.17, 15) is 9.90 Å². The van der Waals surface area contributed by atoms with E-state index in [4.69, 9.17) is 16.3 Å². The highest BCUT2D eigenvalue weighted by atomic mass is 35.5. The third-order valence-corrected chi connectivity index (χ3v) is 4.90. The second-order valence-electron chi connectivity index (χ2n) is 6.12. The number of carbonyl (C=O) groups is 1. The SMILES string of the molecule is CC[C@@H](C)N1C(=O)c2ccccc2N[C@@H]1c1cc(Cl)c(O)c(OC)c1. The highest BCUT2D eigenvalue weighted by molar-refractivity contribution is 6.32. The summed E-state index contributed by atoms with van der Waals surface area (Å²) in [5, 5.41) is 13.6. The van der Waals surface area contributed by atoms with Crippen LogP contribution < -0.4 is 10.1 Å². The van der Waals surface area contributed by atoms with Crippen LogP contribution in [0.25, 0.3) is 0 Å². The summed E-state index contributed by atoms with van der Waals surface area (Å²) in [6.45, 7) is 4.06. The Morgan fingerprint density at radius 2 is 2.08 bits per heavy atom. The largest absolute Gasteiger partial charge is 0.503 e. The molecule has 0 aromatic heterocycles. The summed E-state index contributed by atoms with van der Waals surface area (Å²) in [7, 11) is 1.47. The Labute approximate surface area is 152 Å². The molecule has 132 valence electrons. The molecule has 1 amide bonds. The molecule has 0 unspecified atom stereocenters. The summed E-state index contributed by atoms with van der Waals surface area (Å²) in [5.41, 5.74) is 2.18. The van der Waals surface area contributed by atoms with Gasteiger partial charge in [0.05, 0.1) is 17.7 Å². The molecule has 5 nitrogen and oxygen atoms in total. The molecule has 0 fully saturated rings. The standard InChI is InChI=1S/C19H21ClN2O3/c1-4-11(2)22-18(12-9-14(20)17(23)16(10-12)25-3)21-15-8-6-5-7-13(15)19(22)24/h5-11,18,21,23H,4H2,1-3H3/t11-,18+/m1/s1. The van der Waals surface area contributed by atoms with E-state index in [0.717, 1.165) is 17.7 Å². The van der Waals surface area contributed by atoms with Gasteiger partial charge in [-0.05, 0) is 37.6 Å². The van der Waals surface area contributed by atoms with Gasteiger partial charge >= 0.3 is 0 Å². The minimum Gasteiger partial charge on any atom is -0.503 e. The Bertz CT molecular complexity index is 809. The van der Waals surface area contributed by atoms with Crippen LogP contribution in [0.1, 0.15) is 42.4 Å². The van der Waals surface area contributed by atoms with E-state index >= 15 is 0 Å². The van der Waals surface area contributed by atoms with E-state index < -0.39 is 6.17 Å². The van der Waals surface area contributed by atoms with Crippen LogP contribution in [0.4, 0.5) is 5.69 Å². The minimum absolute atomic E-state index is 0.0249. The minimum atomic E-state index is -0.399. The molecule has 1 heterocycles. The normalized spacial score (nSPS) is 17.7. The van der Waals surface area contributed by atoms with Gasteiger partial charge in [-0.15, -0.1) is 0 Å². The first-order chi connectivity index (χ1) is 12.0. The molecule has 1 aliphatic rings. The zero-order valence-corrected chi connectivity index (χ0v) is 15.2. The molecule has 2 atom stereocenters. The Balaban J connectivity index is 2.13. The lowest BCUT2D eigenvalue weighted by Crippen LogP contribution is -2.47. The number of phenolic OH excluding ortho intramolecular Hbond substituents is 1.